The lowest BCUT2D eigenvalue weighted by atomic mass is 9.97. The molecule has 0 aromatic carbocycles. The standard InChI is InChI=1S/C11H12F3NO5/c12-7-8(19)11(4-16,10(13)14)20-9(7)15-2-1-5(17)3-6(15)18/h1-2,7-10,16,19H,3-4H2/t7-,8+,9-,11-/m1/s1. The molecular formula is C11H12F3NO5. The summed E-state index contributed by atoms with van der Waals surface area (Å²) in [6.07, 6.45) is -8.45. The monoisotopic (exact) mass is 295 g/mol. The van der Waals surface area contributed by atoms with Crippen LogP contribution in [0.25, 0.3) is 0 Å². The number of aliphatic hydroxyl groups excluding tert-OH is 2. The molecule has 1 fully saturated rings. The third-order valence-corrected chi connectivity index (χ3v) is 3.34. The van der Waals surface area contributed by atoms with E-state index in [-0.39, 0.29) is 0 Å². The van der Waals surface area contributed by atoms with Gasteiger partial charge in [0.15, 0.2) is 23.8 Å². The second kappa shape index (κ2) is 5.15. The molecule has 2 aliphatic heterocycles. The van der Waals surface area contributed by atoms with E-state index in [0.717, 1.165) is 12.3 Å². The fourth-order valence-corrected chi connectivity index (χ4v) is 2.15. The minimum atomic E-state index is -3.35. The number of rotatable bonds is 3. The molecule has 0 saturated carbocycles. The van der Waals surface area contributed by atoms with Gasteiger partial charge in [0.2, 0.25) is 5.91 Å². The van der Waals surface area contributed by atoms with Gasteiger partial charge in [0.1, 0.15) is 6.10 Å². The molecule has 4 atom stereocenters. The molecule has 1 saturated heterocycles. The van der Waals surface area contributed by atoms with E-state index in [1.54, 1.807) is 0 Å². The predicted molar refractivity (Wildman–Crippen MR) is 57.2 cm³/mol. The minimum Gasteiger partial charge on any atom is -0.393 e. The average Bonchev–Trinajstić information content (AvgIpc) is 2.64. The first-order chi connectivity index (χ1) is 9.33. The number of carbonyl (C=O) groups excluding carboxylic acids is 2. The second-order valence-corrected chi connectivity index (χ2v) is 4.57. The Kier molecular flexibility index (Phi) is 3.85. The Morgan fingerprint density at radius 3 is 2.60 bits per heavy atom. The zero-order chi connectivity index (χ0) is 15.1. The number of ether oxygens (including phenoxy) is 1. The van der Waals surface area contributed by atoms with Crippen molar-refractivity contribution in [3.63, 3.8) is 0 Å². The topological polar surface area (TPSA) is 87.1 Å². The zero-order valence-electron chi connectivity index (χ0n) is 10.1. The number of carbonyl (C=O) groups is 2. The quantitative estimate of drug-likeness (QED) is 0.676. The third-order valence-electron chi connectivity index (χ3n) is 3.34. The highest BCUT2D eigenvalue weighted by atomic mass is 19.3. The number of aliphatic hydroxyl groups is 2. The minimum absolute atomic E-state index is 0.512. The second-order valence-electron chi connectivity index (χ2n) is 4.57. The maximum atomic E-state index is 13.9. The highest BCUT2D eigenvalue weighted by molar-refractivity contribution is 6.06. The molecule has 2 heterocycles. The van der Waals surface area contributed by atoms with Gasteiger partial charge in [-0.15, -0.1) is 0 Å². The fourth-order valence-electron chi connectivity index (χ4n) is 2.15. The Balaban J connectivity index is 2.29. The molecule has 0 aromatic heterocycles. The lowest BCUT2D eigenvalue weighted by molar-refractivity contribution is -0.202. The lowest BCUT2D eigenvalue weighted by Crippen LogP contribution is -2.51. The van der Waals surface area contributed by atoms with E-state index in [2.05, 4.69) is 0 Å². The van der Waals surface area contributed by atoms with Crippen molar-refractivity contribution in [1.82, 2.24) is 4.90 Å². The molecule has 0 aromatic rings. The molecule has 2 aliphatic rings. The van der Waals surface area contributed by atoms with Gasteiger partial charge in [0.05, 0.1) is 13.0 Å². The van der Waals surface area contributed by atoms with E-state index < -0.39 is 55.2 Å². The first kappa shape index (κ1) is 14.9. The molecule has 1 amide bonds. The molecule has 2 N–H and O–H groups in total. The molecular weight excluding hydrogens is 283 g/mol. The number of nitrogens with zero attached hydrogens (tertiary/aromatic N) is 1. The van der Waals surface area contributed by atoms with Gasteiger partial charge < -0.3 is 14.9 Å². The van der Waals surface area contributed by atoms with E-state index in [0.29, 0.717) is 4.90 Å². The van der Waals surface area contributed by atoms with Crippen molar-refractivity contribution in [2.24, 2.45) is 0 Å². The van der Waals surface area contributed by atoms with E-state index in [4.69, 9.17) is 9.84 Å². The maximum Gasteiger partial charge on any atom is 0.272 e. The van der Waals surface area contributed by atoms with Crippen LogP contribution in [0, 0.1) is 0 Å². The van der Waals surface area contributed by atoms with Gasteiger partial charge in [-0.25, -0.2) is 13.2 Å². The number of hydrogen-bond acceptors (Lipinski definition) is 5. The van der Waals surface area contributed by atoms with Crippen LogP contribution in [-0.4, -0.2) is 63.9 Å². The van der Waals surface area contributed by atoms with Crippen LogP contribution in [0.2, 0.25) is 0 Å². The van der Waals surface area contributed by atoms with Crippen LogP contribution in [0.1, 0.15) is 6.42 Å². The number of allylic oxidation sites excluding steroid dienone is 1. The fraction of sp³-hybridized carbons (Fsp3) is 0.636. The first-order valence-corrected chi connectivity index (χ1v) is 5.74. The van der Waals surface area contributed by atoms with Gasteiger partial charge in [-0.05, 0) is 6.08 Å². The highest BCUT2D eigenvalue weighted by Gasteiger charge is 2.62. The summed E-state index contributed by atoms with van der Waals surface area (Å²) in [5.74, 6) is -1.34. The average molecular weight is 295 g/mol. The van der Waals surface area contributed by atoms with E-state index in [1.165, 1.54) is 0 Å². The van der Waals surface area contributed by atoms with E-state index >= 15 is 0 Å². The summed E-state index contributed by atoms with van der Waals surface area (Å²) in [7, 11) is 0. The van der Waals surface area contributed by atoms with Gasteiger partial charge in [-0.2, -0.15) is 0 Å². The first-order valence-electron chi connectivity index (χ1n) is 5.74. The van der Waals surface area contributed by atoms with Gasteiger partial charge in [-0.3, -0.25) is 14.5 Å². The Morgan fingerprint density at radius 1 is 1.50 bits per heavy atom. The van der Waals surface area contributed by atoms with Crippen LogP contribution in [0.3, 0.4) is 0 Å². The van der Waals surface area contributed by atoms with Crippen LogP contribution in [0.5, 0.6) is 0 Å². The number of amides is 1. The summed E-state index contributed by atoms with van der Waals surface area (Å²) in [6, 6.07) is 0. The molecule has 0 aliphatic carbocycles. The predicted octanol–water partition coefficient (Wildman–Crippen LogP) is -0.647. The third kappa shape index (κ3) is 2.11. The number of halogens is 3. The molecule has 112 valence electrons. The van der Waals surface area contributed by atoms with Crippen molar-refractivity contribution < 1.29 is 37.7 Å². The molecule has 2 rings (SSSR count). The van der Waals surface area contributed by atoms with Crippen molar-refractivity contribution in [1.29, 1.82) is 0 Å². The summed E-state index contributed by atoms with van der Waals surface area (Å²) in [4.78, 5) is 23.2. The normalized spacial score (nSPS) is 38.1. The van der Waals surface area contributed by atoms with Gasteiger partial charge in [0.25, 0.3) is 6.43 Å². The summed E-state index contributed by atoms with van der Waals surface area (Å²) in [5, 5.41) is 18.5. The molecule has 0 unspecified atom stereocenters. The van der Waals surface area contributed by atoms with Crippen LogP contribution < -0.4 is 0 Å². The number of alkyl halides is 3. The Labute approximate surface area is 111 Å². The summed E-state index contributed by atoms with van der Waals surface area (Å²) in [5.41, 5.74) is -2.79. The lowest BCUT2D eigenvalue weighted by Gasteiger charge is -2.31. The highest BCUT2D eigenvalue weighted by Crippen LogP contribution is 2.39. The van der Waals surface area contributed by atoms with E-state index in [1.807, 2.05) is 0 Å². The summed E-state index contributed by atoms with van der Waals surface area (Å²) >= 11 is 0. The van der Waals surface area contributed by atoms with Crippen LogP contribution in [0.4, 0.5) is 13.2 Å². The smallest absolute Gasteiger partial charge is 0.272 e. The molecule has 6 nitrogen and oxygen atoms in total. The number of ketones is 1. The molecule has 9 heteroatoms. The summed E-state index contributed by atoms with van der Waals surface area (Å²) < 4.78 is 44.6. The molecule has 0 spiro atoms. The van der Waals surface area contributed by atoms with Crippen LogP contribution >= 0.6 is 0 Å². The molecule has 0 bridgehead atoms. The number of hydrogen-bond donors (Lipinski definition) is 2. The SMILES string of the molecule is O=C1C=CN([C@@H]2O[C@@](CO)(C(F)F)[C@@H](O)[C@H]2F)C(=O)C1. The van der Waals surface area contributed by atoms with Crippen LogP contribution in [0.15, 0.2) is 12.3 Å². The zero-order valence-corrected chi connectivity index (χ0v) is 10.1. The van der Waals surface area contributed by atoms with Crippen molar-refractivity contribution in [2.75, 3.05) is 6.61 Å². The van der Waals surface area contributed by atoms with Crippen molar-refractivity contribution in [2.45, 2.75) is 37.0 Å². The van der Waals surface area contributed by atoms with Gasteiger partial charge in [0, 0.05) is 6.20 Å². The van der Waals surface area contributed by atoms with Crippen LogP contribution in [-0.2, 0) is 14.3 Å². The largest absolute Gasteiger partial charge is 0.393 e. The van der Waals surface area contributed by atoms with Gasteiger partial charge in [-0.1, -0.05) is 0 Å². The Morgan fingerprint density at radius 2 is 2.15 bits per heavy atom. The maximum absolute atomic E-state index is 13.9. The van der Waals surface area contributed by atoms with E-state index in [9.17, 15) is 27.9 Å². The van der Waals surface area contributed by atoms with Crippen molar-refractivity contribution >= 4 is 11.7 Å². The summed E-state index contributed by atoms with van der Waals surface area (Å²) in [6.45, 7) is -1.31. The van der Waals surface area contributed by atoms with Gasteiger partial charge >= 0.3 is 0 Å². The van der Waals surface area contributed by atoms with Crippen molar-refractivity contribution in [3.05, 3.63) is 12.3 Å². The molecule has 20 heavy (non-hydrogen) atoms. The Bertz CT molecular complexity index is 457. The Hall–Kier alpha value is -1.45. The molecule has 0 radical (unpaired) electrons. The van der Waals surface area contributed by atoms with Crippen molar-refractivity contribution in [3.8, 4) is 0 Å².